The van der Waals surface area contributed by atoms with E-state index < -0.39 is 129 Å². The molecule has 0 N–H and O–H groups in total. The maximum atomic E-state index is 13.2. The molecule has 19 nitrogen and oxygen atoms in total. The minimum absolute atomic E-state index is 0.0257. The number of imide groups is 12. The molecule has 0 spiro atoms. The summed E-state index contributed by atoms with van der Waals surface area (Å²) in [4.78, 5) is 155. The molecule has 5 heterocycles. The van der Waals surface area contributed by atoms with E-state index in [1.807, 2.05) is 13.1 Å². The van der Waals surface area contributed by atoms with Crippen LogP contribution >= 0.6 is 0 Å². The van der Waals surface area contributed by atoms with E-state index in [1.54, 1.807) is 13.8 Å². The largest absolute Gasteiger partial charge is 0.439 e. The van der Waals surface area contributed by atoms with Crippen LogP contribution in [0.2, 0.25) is 49.5 Å². The Morgan fingerprint density at radius 3 is 1.26 bits per heavy atom. The van der Waals surface area contributed by atoms with Crippen molar-refractivity contribution in [3.05, 3.63) is 0 Å². The highest BCUT2D eigenvalue weighted by atomic mass is 28.5. The Morgan fingerprint density at radius 1 is 0.523 bits per heavy atom. The third-order valence-corrected chi connectivity index (χ3v) is 34.1. The molecule has 12 amide bonds. The Morgan fingerprint density at radius 2 is 0.877 bits per heavy atom. The monoisotopic (exact) mass is 976 g/mol. The molecule has 0 aromatic rings. The highest BCUT2D eigenvalue weighted by Crippen LogP contribution is 2.40. The van der Waals surface area contributed by atoms with Gasteiger partial charge in [-0.3, -0.25) is 57.5 Å². The summed E-state index contributed by atoms with van der Waals surface area (Å²) in [5.41, 5.74) is 0.615. The predicted molar refractivity (Wildman–Crippen MR) is 238 cm³/mol. The first-order chi connectivity index (χ1) is 30.5. The van der Waals surface area contributed by atoms with Crippen LogP contribution in [0, 0.1) is 23.7 Å². The first kappa shape index (κ1) is 52.0. The molecule has 0 aromatic heterocycles. The molecule has 0 bridgehead atoms. The topological polar surface area (TPSA) is 245 Å². The van der Waals surface area contributed by atoms with Gasteiger partial charge in [-0.25, -0.2) is 19.6 Å². The van der Waals surface area contributed by atoms with Crippen LogP contribution in [0.15, 0.2) is 0 Å². The van der Waals surface area contributed by atoms with Crippen molar-refractivity contribution >= 4 is 105 Å². The van der Waals surface area contributed by atoms with Crippen LogP contribution in [0.25, 0.3) is 0 Å². The molecule has 0 radical (unpaired) electrons. The number of hydrogen-bond acceptors (Lipinski definition) is 15. The van der Waals surface area contributed by atoms with Crippen molar-refractivity contribution in [2.24, 2.45) is 23.7 Å². The van der Waals surface area contributed by atoms with E-state index in [0.717, 1.165) is 9.80 Å². The van der Waals surface area contributed by atoms with Crippen LogP contribution in [0.5, 0.6) is 0 Å². The summed E-state index contributed by atoms with van der Waals surface area (Å²) in [5, 5.41) is 0. The SMILES string of the molecule is CCC(=O)N1C(=O)CC(CCC[SiH]2C[Si](C)(CCCC3CC(=O)N(C(=O)CC)C3=O)O[Si](C)(CCCC3CC(=O)N(C(C)=O)C3=O)O[Si](C)(CCCC3CC(=O)N(C(C)=O)C3=O)O2)C1=O. The Hall–Kier alpha value is -4.01. The van der Waals surface area contributed by atoms with Crippen molar-refractivity contribution in [2.45, 2.75) is 167 Å². The van der Waals surface area contributed by atoms with E-state index in [-0.39, 0.29) is 38.5 Å². The molecule has 5 fully saturated rings. The molecule has 8 atom stereocenters. The van der Waals surface area contributed by atoms with Crippen LogP contribution in [-0.4, -0.2) is 125 Å². The molecular weight excluding hydrogens is 913 g/mol. The summed E-state index contributed by atoms with van der Waals surface area (Å²) in [7, 11) is -11.6. The molecule has 0 aliphatic carbocycles. The van der Waals surface area contributed by atoms with Gasteiger partial charge in [0.05, 0.1) is 0 Å². The van der Waals surface area contributed by atoms with Crippen molar-refractivity contribution in [1.29, 1.82) is 0 Å². The van der Waals surface area contributed by atoms with Gasteiger partial charge in [0.2, 0.25) is 70.9 Å². The predicted octanol–water partition coefficient (Wildman–Crippen LogP) is 3.62. The lowest BCUT2D eigenvalue weighted by Gasteiger charge is -2.48. The van der Waals surface area contributed by atoms with E-state index >= 15 is 0 Å². The van der Waals surface area contributed by atoms with Crippen LogP contribution in [0.4, 0.5) is 0 Å². The van der Waals surface area contributed by atoms with Crippen molar-refractivity contribution in [2.75, 3.05) is 0 Å². The van der Waals surface area contributed by atoms with Gasteiger partial charge < -0.3 is 12.3 Å². The molecule has 5 saturated heterocycles. The molecule has 358 valence electrons. The fourth-order valence-corrected chi connectivity index (χ4v) is 35.7. The first-order valence-corrected chi connectivity index (χ1v) is 33.1. The van der Waals surface area contributed by atoms with Crippen LogP contribution in [0.1, 0.15) is 118 Å². The van der Waals surface area contributed by atoms with Gasteiger partial charge in [-0.1, -0.05) is 39.5 Å². The maximum absolute atomic E-state index is 13.2. The molecule has 5 rings (SSSR count). The summed E-state index contributed by atoms with van der Waals surface area (Å²) in [6.07, 6.45) is 3.12. The average molecular weight is 977 g/mol. The standard InChI is InChI=1S/C42H64N4O15Si4/c1-8-33(49)45-37(53)24-29(41(45)57)14-10-18-62-26-63(5,19-11-15-32-25-38(54)46(42(32)58)34(50)9-2)60-65(7,21-13-17-31-23-36(52)44(28(4)48)40(31)56)61-64(6,59-62)20-12-16-30-22-35(51)43(27(3)47)39(30)55/h29-32,62H,8-26H2,1-7H3. The van der Waals surface area contributed by atoms with Gasteiger partial charge in [-0.15, -0.1) is 0 Å². The van der Waals surface area contributed by atoms with E-state index in [2.05, 4.69) is 6.55 Å². The zero-order valence-corrected chi connectivity index (χ0v) is 42.9. The van der Waals surface area contributed by atoms with Crippen LogP contribution in [-0.2, 0) is 69.9 Å². The first-order valence-electron chi connectivity index (χ1n) is 23.1. The normalized spacial score (nSPS) is 31.2. The second-order valence-corrected chi connectivity index (χ2v) is 33.8. The van der Waals surface area contributed by atoms with Crippen LogP contribution in [0.3, 0.4) is 0 Å². The highest BCUT2D eigenvalue weighted by molar-refractivity contribution is 6.95. The van der Waals surface area contributed by atoms with Gasteiger partial charge in [-0.2, -0.15) is 0 Å². The number of carbonyl (C=O) groups is 12. The molecule has 0 saturated carbocycles. The Labute approximate surface area is 384 Å². The number of nitrogens with zero attached hydrogens (tertiary/aromatic N) is 4. The van der Waals surface area contributed by atoms with Gasteiger partial charge >= 0.3 is 17.1 Å². The van der Waals surface area contributed by atoms with E-state index in [1.165, 1.54) is 13.8 Å². The second-order valence-electron chi connectivity index (χ2n) is 18.9. The van der Waals surface area contributed by atoms with Crippen LogP contribution < -0.4 is 0 Å². The number of likely N-dealkylation sites (tertiary alicyclic amines) is 4. The summed E-state index contributed by atoms with van der Waals surface area (Å²) in [6.45, 7) is 11.6. The fraction of sp³-hybridized carbons (Fsp3) is 0.714. The van der Waals surface area contributed by atoms with Gasteiger partial charge in [-0.05, 0) is 75.2 Å². The lowest BCUT2D eigenvalue weighted by Crippen LogP contribution is -2.62. The molecule has 5 aliphatic rings. The zero-order valence-electron chi connectivity index (χ0n) is 38.7. The fourth-order valence-electron chi connectivity index (χ4n) is 10.3. The maximum Gasteiger partial charge on any atom is 0.315 e. The quantitative estimate of drug-likeness (QED) is 0.141. The molecular formula is C42H64N4O15Si4. The number of amides is 12. The van der Waals surface area contributed by atoms with E-state index in [0.29, 0.717) is 91.0 Å². The van der Waals surface area contributed by atoms with Gasteiger partial charge in [0.15, 0.2) is 17.4 Å². The zero-order chi connectivity index (χ0) is 48.2. The van der Waals surface area contributed by atoms with E-state index in [9.17, 15) is 57.5 Å². The number of hydrogen-bond donors (Lipinski definition) is 0. The Kier molecular flexibility index (Phi) is 17.0. The molecule has 0 aromatic carbocycles. The van der Waals surface area contributed by atoms with E-state index in [4.69, 9.17) is 12.3 Å². The lowest BCUT2D eigenvalue weighted by molar-refractivity contribution is -0.152. The number of carbonyl (C=O) groups excluding carboxylic acids is 12. The summed E-state index contributed by atoms with van der Waals surface area (Å²) in [6, 6.07) is 2.01. The molecule has 5 aliphatic heterocycles. The minimum Gasteiger partial charge on any atom is -0.439 e. The lowest BCUT2D eigenvalue weighted by atomic mass is 10.0. The minimum atomic E-state index is -3.25. The van der Waals surface area contributed by atoms with Gasteiger partial charge in [0, 0.05) is 76.0 Å². The third kappa shape index (κ3) is 12.1. The molecule has 65 heavy (non-hydrogen) atoms. The van der Waals surface area contributed by atoms with Gasteiger partial charge in [0.25, 0.3) is 0 Å². The third-order valence-electron chi connectivity index (χ3n) is 13.4. The van der Waals surface area contributed by atoms with Crippen molar-refractivity contribution in [3.63, 3.8) is 0 Å². The average Bonchev–Trinajstić information content (AvgIpc) is 3.86. The second kappa shape index (κ2) is 21.3. The highest BCUT2D eigenvalue weighted by Gasteiger charge is 2.53. The Balaban J connectivity index is 1.38. The molecule has 8 unspecified atom stereocenters. The van der Waals surface area contributed by atoms with Gasteiger partial charge in [0.1, 0.15) is 0 Å². The Bertz CT molecular complexity index is 2020. The number of rotatable bonds is 18. The smallest absolute Gasteiger partial charge is 0.315 e. The molecule has 23 heteroatoms. The summed E-state index contributed by atoms with van der Waals surface area (Å²) >= 11 is 0. The van der Waals surface area contributed by atoms with Crippen molar-refractivity contribution in [3.8, 4) is 0 Å². The summed E-state index contributed by atoms with van der Waals surface area (Å²) < 4.78 is 21.9. The summed E-state index contributed by atoms with van der Waals surface area (Å²) in [5.74, 6) is -9.03. The van der Waals surface area contributed by atoms with Crippen molar-refractivity contribution < 1.29 is 69.9 Å². The van der Waals surface area contributed by atoms with Crippen molar-refractivity contribution in [1.82, 2.24) is 19.6 Å².